The van der Waals surface area contributed by atoms with Crippen molar-refractivity contribution in [3.8, 4) is 0 Å². The maximum Gasteiger partial charge on any atom is 0.0829 e. The molecule has 2 aliphatic heterocycles. The lowest BCUT2D eigenvalue weighted by Gasteiger charge is -2.35. The van der Waals surface area contributed by atoms with Crippen molar-refractivity contribution < 1.29 is 4.74 Å². The summed E-state index contributed by atoms with van der Waals surface area (Å²) in [5, 5.41) is 0. The molecule has 19 heavy (non-hydrogen) atoms. The lowest BCUT2D eigenvalue weighted by atomic mass is 10.2. The number of nitrogens with zero attached hydrogens (tertiary/aromatic N) is 3. The fourth-order valence-corrected chi connectivity index (χ4v) is 3.08. The number of hydrogen-bond donors (Lipinski definition) is 1. The molecular formula is C14H30N4O. The van der Waals surface area contributed by atoms with E-state index in [4.69, 9.17) is 10.5 Å². The van der Waals surface area contributed by atoms with Crippen LogP contribution in [0.2, 0.25) is 0 Å². The van der Waals surface area contributed by atoms with Crippen LogP contribution in [0.4, 0.5) is 0 Å². The van der Waals surface area contributed by atoms with Crippen molar-refractivity contribution in [1.82, 2.24) is 14.7 Å². The van der Waals surface area contributed by atoms with Gasteiger partial charge in [0.05, 0.1) is 12.7 Å². The van der Waals surface area contributed by atoms with Gasteiger partial charge in [-0.15, -0.1) is 0 Å². The largest absolute Gasteiger partial charge is 0.374 e. The molecule has 0 aromatic heterocycles. The fraction of sp³-hybridized carbons (Fsp3) is 1.00. The molecule has 2 rings (SSSR count). The van der Waals surface area contributed by atoms with Crippen molar-refractivity contribution in [1.29, 1.82) is 0 Å². The van der Waals surface area contributed by atoms with Gasteiger partial charge in [0, 0.05) is 45.8 Å². The fourth-order valence-electron chi connectivity index (χ4n) is 3.08. The molecule has 2 heterocycles. The Labute approximate surface area is 117 Å². The average molecular weight is 270 g/mol. The summed E-state index contributed by atoms with van der Waals surface area (Å²) in [5.41, 5.74) is 5.64. The molecule has 0 aliphatic carbocycles. The quantitative estimate of drug-likeness (QED) is 0.741. The summed E-state index contributed by atoms with van der Waals surface area (Å²) >= 11 is 0. The van der Waals surface area contributed by atoms with Gasteiger partial charge in [0.25, 0.3) is 0 Å². The predicted molar refractivity (Wildman–Crippen MR) is 78.4 cm³/mol. The summed E-state index contributed by atoms with van der Waals surface area (Å²) < 4.78 is 5.91. The molecule has 0 aromatic carbocycles. The first-order valence-electron chi connectivity index (χ1n) is 7.80. The molecule has 0 aromatic rings. The molecular weight excluding hydrogens is 240 g/mol. The van der Waals surface area contributed by atoms with Crippen LogP contribution in [0, 0.1) is 0 Å². The van der Waals surface area contributed by atoms with Crippen LogP contribution in [-0.2, 0) is 4.74 Å². The molecule has 1 atom stereocenters. The van der Waals surface area contributed by atoms with Gasteiger partial charge in [-0.1, -0.05) is 6.92 Å². The van der Waals surface area contributed by atoms with E-state index < -0.39 is 0 Å². The Morgan fingerprint density at radius 3 is 2.63 bits per heavy atom. The highest BCUT2D eigenvalue weighted by atomic mass is 16.5. The molecule has 5 heteroatoms. The second kappa shape index (κ2) is 8.17. The van der Waals surface area contributed by atoms with E-state index in [1.54, 1.807) is 0 Å². The number of morpholine rings is 1. The van der Waals surface area contributed by atoms with Crippen molar-refractivity contribution in [2.75, 3.05) is 72.1 Å². The van der Waals surface area contributed by atoms with Gasteiger partial charge in [0.2, 0.25) is 0 Å². The van der Waals surface area contributed by atoms with Gasteiger partial charge in [-0.3, -0.25) is 9.80 Å². The SMILES string of the molecule is CCN1CCOC(CN2CCCN(CCN)CC2)C1. The van der Waals surface area contributed by atoms with E-state index in [9.17, 15) is 0 Å². The molecule has 0 amide bonds. The Kier molecular flexibility index (Phi) is 6.53. The van der Waals surface area contributed by atoms with E-state index in [-0.39, 0.29) is 0 Å². The lowest BCUT2D eigenvalue weighted by molar-refractivity contribution is -0.0413. The third-order valence-electron chi connectivity index (χ3n) is 4.26. The number of rotatable bonds is 5. The Bertz CT molecular complexity index is 252. The molecule has 1 unspecified atom stereocenters. The molecule has 2 N–H and O–H groups in total. The number of ether oxygens (including phenoxy) is 1. The minimum Gasteiger partial charge on any atom is -0.374 e. The molecule has 0 bridgehead atoms. The van der Waals surface area contributed by atoms with E-state index in [1.807, 2.05) is 0 Å². The van der Waals surface area contributed by atoms with Crippen LogP contribution in [-0.4, -0.2) is 92.9 Å². The van der Waals surface area contributed by atoms with Crippen LogP contribution in [0.1, 0.15) is 13.3 Å². The molecule has 0 radical (unpaired) electrons. The van der Waals surface area contributed by atoms with Gasteiger partial charge in [0.1, 0.15) is 0 Å². The highest BCUT2D eigenvalue weighted by Gasteiger charge is 2.23. The van der Waals surface area contributed by atoms with Crippen LogP contribution in [0.15, 0.2) is 0 Å². The van der Waals surface area contributed by atoms with Gasteiger partial charge in [-0.05, 0) is 26.1 Å². The van der Waals surface area contributed by atoms with Crippen LogP contribution < -0.4 is 5.73 Å². The molecule has 0 spiro atoms. The third-order valence-corrected chi connectivity index (χ3v) is 4.26. The van der Waals surface area contributed by atoms with Gasteiger partial charge >= 0.3 is 0 Å². The second-order valence-corrected chi connectivity index (χ2v) is 5.67. The van der Waals surface area contributed by atoms with Crippen LogP contribution in [0.25, 0.3) is 0 Å². The standard InChI is InChI=1S/C14H30N4O/c1-2-16-10-11-19-14(12-16)13-18-6-3-5-17(7-4-15)8-9-18/h14H,2-13,15H2,1H3. The van der Waals surface area contributed by atoms with Gasteiger partial charge < -0.3 is 15.4 Å². The first-order chi connectivity index (χ1) is 9.31. The smallest absolute Gasteiger partial charge is 0.0829 e. The van der Waals surface area contributed by atoms with E-state index in [2.05, 4.69) is 21.6 Å². The monoisotopic (exact) mass is 270 g/mol. The van der Waals surface area contributed by atoms with Crippen molar-refractivity contribution in [2.24, 2.45) is 5.73 Å². The highest BCUT2D eigenvalue weighted by Crippen LogP contribution is 2.09. The Morgan fingerprint density at radius 2 is 1.84 bits per heavy atom. The first-order valence-corrected chi connectivity index (χ1v) is 7.80. The maximum absolute atomic E-state index is 5.91. The Morgan fingerprint density at radius 1 is 1.05 bits per heavy atom. The topological polar surface area (TPSA) is 45.0 Å². The summed E-state index contributed by atoms with van der Waals surface area (Å²) in [6.07, 6.45) is 1.65. The first kappa shape index (κ1) is 15.2. The zero-order chi connectivity index (χ0) is 13.5. The molecule has 112 valence electrons. The van der Waals surface area contributed by atoms with Gasteiger partial charge in [-0.25, -0.2) is 0 Å². The lowest BCUT2D eigenvalue weighted by Crippen LogP contribution is -2.48. The number of nitrogens with two attached hydrogens (primary N) is 1. The number of likely N-dealkylation sites (N-methyl/N-ethyl adjacent to an activating group) is 1. The summed E-state index contributed by atoms with van der Waals surface area (Å²) in [5.74, 6) is 0. The summed E-state index contributed by atoms with van der Waals surface area (Å²) in [7, 11) is 0. The minimum absolute atomic E-state index is 0.398. The normalized spacial score (nSPS) is 28.4. The van der Waals surface area contributed by atoms with Crippen molar-refractivity contribution in [2.45, 2.75) is 19.4 Å². The molecule has 2 fully saturated rings. The zero-order valence-electron chi connectivity index (χ0n) is 12.4. The van der Waals surface area contributed by atoms with Crippen LogP contribution >= 0.6 is 0 Å². The predicted octanol–water partition coefficient (Wildman–Crippen LogP) is -0.326. The minimum atomic E-state index is 0.398. The maximum atomic E-state index is 5.91. The van der Waals surface area contributed by atoms with Crippen LogP contribution in [0.5, 0.6) is 0 Å². The van der Waals surface area contributed by atoms with E-state index in [0.717, 1.165) is 59.0 Å². The van der Waals surface area contributed by atoms with E-state index >= 15 is 0 Å². The van der Waals surface area contributed by atoms with E-state index in [0.29, 0.717) is 6.10 Å². The molecule has 0 saturated carbocycles. The highest BCUT2D eigenvalue weighted by molar-refractivity contribution is 4.77. The van der Waals surface area contributed by atoms with Crippen molar-refractivity contribution in [3.05, 3.63) is 0 Å². The number of hydrogen-bond acceptors (Lipinski definition) is 5. The molecule has 2 saturated heterocycles. The van der Waals surface area contributed by atoms with E-state index in [1.165, 1.54) is 19.5 Å². The summed E-state index contributed by atoms with van der Waals surface area (Å²) in [6, 6.07) is 0. The molecule has 2 aliphatic rings. The average Bonchev–Trinajstić information content (AvgIpc) is 2.65. The Balaban J connectivity index is 1.73. The zero-order valence-corrected chi connectivity index (χ0v) is 12.4. The Hall–Kier alpha value is -0.200. The van der Waals surface area contributed by atoms with Crippen molar-refractivity contribution in [3.63, 3.8) is 0 Å². The van der Waals surface area contributed by atoms with Gasteiger partial charge in [-0.2, -0.15) is 0 Å². The van der Waals surface area contributed by atoms with Crippen molar-refractivity contribution >= 4 is 0 Å². The van der Waals surface area contributed by atoms with Gasteiger partial charge in [0.15, 0.2) is 0 Å². The summed E-state index contributed by atoms with van der Waals surface area (Å²) in [4.78, 5) is 7.55. The second-order valence-electron chi connectivity index (χ2n) is 5.67. The van der Waals surface area contributed by atoms with Crippen LogP contribution in [0.3, 0.4) is 0 Å². The molecule has 5 nitrogen and oxygen atoms in total. The third kappa shape index (κ3) is 5.00. The summed E-state index contributed by atoms with van der Waals surface area (Å²) in [6.45, 7) is 14.1.